The topological polar surface area (TPSA) is 47.6 Å². The number of hydrogen-bond donors (Lipinski definition) is 1. The highest BCUT2D eigenvalue weighted by molar-refractivity contribution is 7.10. The van der Waals surface area contributed by atoms with Crippen LogP contribution in [0.15, 0.2) is 52.4 Å². The average Bonchev–Trinajstić information content (AvgIpc) is 3.43. The number of ether oxygens (including phenoxy) is 2. The monoisotopic (exact) mass is 437 g/mol. The predicted molar refractivity (Wildman–Crippen MR) is 122 cm³/mol. The van der Waals surface area contributed by atoms with Crippen LogP contribution in [-0.2, 0) is 4.79 Å². The smallest absolute Gasteiger partial charge is 0.162 e. The first-order chi connectivity index (χ1) is 14.6. The van der Waals surface area contributed by atoms with E-state index in [4.69, 9.17) is 9.47 Å². The van der Waals surface area contributed by atoms with E-state index in [9.17, 15) is 4.79 Å². The zero-order chi connectivity index (χ0) is 20.8. The third-order valence-electron chi connectivity index (χ3n) is 6.06. The SMILES string of the molecule is COc1cc2c(cc1OC)[C@H](c1sccc1C)C1=C(C[C@H](c3cccs3)CC1=O)N2. The molecule has 30 heavy (non-hydrogen) atoms. The van der Waals surface area contributed by atoms with Crippen LogP contribution in [0.4, 0.5) is 5.69 Å². The van der Waals surface area contributed by atoms with E-state index >= 15 is 0 Å². The first-order valence-corrected chi connectivity index (χ1v) is 11.7. The molecule has 2 atom stereocenters. The fourth-order valence-electron chi connectivity index (χ4n) is 4.62. The summed E-state index contributed by atoms with van der Waals surface area (Å²) >= 11 is 3.45. The second-order valence-electron chi connectivity index (χ2n) is 7.76. The lowest BCUT2D eigenvalue weighted by molar-refractivity contribution is -0.116. The number of carbonyl (C=O) groups is 1. The summed E-state index contributed by atoms with van der Waals surface area (Å²) in [4.78, 5) is 16.0. The molecule has 0 radical (unpaired) electrons. The molecule has 3 aromatic rings. The summed E-state index contributed by atoms with van der Waals surface area (Å²) in [6.07, 6.45) is 1.40. The van der Waals surface area contributed by atoms with Gasteiger partial charge in [0, 0.05) is 45.1 Å². The zero-order valence-corrected chi connectivity index (χ0v) is 18.8. The molecule has 5 rings (SSSR count). The van der Waals surface area contributed by atoms with E-state index in [1.54, 1.807) is 36.9 Å². The van der Waals surface area contributed by atoms with Crippen LogP contribution < -0.4 is 14.8 Å². The van der Waals surface area contributed by atoms with Crippen molar-refractivity contribution in [2.24, 2.45) is 0 Å². The quantitative estimate of drug-likeness (QED) is 0.536. The summed E-state index contributed by atoms with van der Waals surface area (Å²) in [6.45, 7) is 2.12. The van der Waals surface area contributed by atoms with Gasteiger partial charge in [0.05, 0.1) is 20.1 Å². The third kappa shape index (κ3) is 3.06. The molecule has 1 aliphatic carbocycles. The highest BCUT2D eigenvalue weighted by Crippen LogP contribution is 2.52. The summed E-state index contributed by atoms with van der Waals surface area (Å²) in [5, 5.41) is 7.78. The van der Waals surface area contributed by atoms with E-state index in [-0.39, 0.29) is 17.6 Å². The number of nitrogens with one attached hydrogen (secondary N) is 1. The number of anilines is 1. The van der Waals surface area contributed by atoms with E-state index in [0.29, 0.717) is 17.9 Å². The number of benzene rings is 1. The Morgan fingerprint density at radius 3 is 2.50 bits per heavy atom. The standard InChI is InChI=1S/C24H23NO3S2/c1-13-6-8-30-24(13)22-15-11-19(27-2)20(28-3)12-16(15)25-17-9-14(10-18(26)23(17)22)21-5-4-7-29-21/h4-8,11-12,14,22,25H,9-10H2,1-3H3/t14-,22-/m0/s1. The minimum absolute atomic E-state index is 0.0761. The highest BCUT2D eigenvalue weighted by atomic mass is 32.1. The second kappa shape index (κ2) is 7.60. The lowest BCUT2D eigenvalue weighted by atomic mass is 9.74. The van der Waals surface area contributed by atoms with Gasteiger partial charge in [-0.05, 0) is 53.4 Å². The van der Waals surface area contributed by atoms with Crippen LogP contribution in [0, 0.1) is 6.92 Å². The minimum Gasteiger partial charge on any atom is -0.493 e. The molecule has 3 heterocycles. The maximum absolute atomic E-state index is 13.5. The van der Waals surface area contributed by atoms with Gasteiger partial charge in [0.1, 0.15) is 0 Å². The Hall–Kier alpha value is -2.57. The average molecular weight is 438 g/mol. The van der Waals surface area contributed by atoms with Crippen molar-refractivity contribution in [3.05, 3.63) is 73.2 Å². The molecule has 1 aromatic carbocycles. The van der Waals surface area contributed by atoms with E-state index in [1.165, 1.54) is 15.3 Å². The molecule has 6 heteroatoms. The number of fused-ring (bicyclic) bond motifs is 1. The van der Waals surface area contributed by atoms with Crippen molar-refractivity contribution in [2.75, 3.05) is 19.5 Å². The molecule has 0 unspecified atom stereocenters. The fourth-order valence-corrected chi connectivity index (χ4v) is 6.51. The highest BCUT2D eigenvalue weighted by Gasteiger charge is 2.40. The number of thiophene rings is 2. The summed E-state index contributed by atoms with van der Waals surface area (Å²) in [7, 11) is 3.30. The van der Waals surface area contributed by atoms with Crippen LogP contribution in [0.2, 0.25) is 0 Å². The molecule has 1 N–H and O–H groups in total. The Kier molecular flexibility index (Phi) is 4.91. The second-order valence-corrected chi connectivity index (χ2v) is 9.68. The molecule has 0 amide bonds. The number of carbonyl (C=O) groups excluding carboxylic acids is 1. The van der Waals surface area contributed by atoms with Crippen molar-refractivity contribution in [3.8, 4) is 11.5 Å². The van der Waals surface area contributed by atoms with Gasteiger partial charge in [-0.25, -0.2) is 0 Å². The summed E-state index contributed by atoms with van der Waals surface area (Å²) in [6, 6.07) is 10.3. The summed E-state index contributed by atoms with van der Waals surface area (Å²) in [5.41, 5.74) is 5.23. The fraction of sp³-hybridized carbons (Fsp3) is 0.292. The molecule has 1 aliphatic heterocycles. The van der Waals surface area contributed by atoms with E-state index in [1.807, 2.05) is 12.1 Å². The maximum Gasteiger partial charge on any atom is 0.162 e. The Bertz CT molecular complexity index is 1140. The maximum atomic E-state index is 13.5. The van der Waals surface area contributed by atoms with Gasteiger partial charge in [0.15, 0.2) is 17.3 Å². The van der Waals surface area contributed by atoms with Crippen LogP contribution in [0.1, 0.15) is 45.6 Å². The van der Waals surface area contributed by atoms with Crippen LogP contribution >= 0.6 is 22.7 Å². The van der Waals surface area contributed by atoms with Crippen LogP contribution in [-0.4, -0.2) is 20.0 Å². The van der Waals surface area contributed by atoms with Crippen molar-refractivity contribution in [2.45, 2.75) is 31.6 Å². The van der Waals surface area contributed by atoms with E-state index < -0.39 is 0 Å². The first-order valence-electron chi connectivity index (χ1n) is 9.97. The number of aryl methyl sites for hydroxylation is 1. The van der Waals surface area contributed by atoms with Crippen molar-refractivity contribution in [1.29, 1.82) is 0 Å². The molecule has 2 aliphatic rings. The molecule has 4 nitrogen and oxygen atoms in total. The van der Waals surface area contributed by atoms with Crippen molar-refractivity contribution >= 4 is 34.1 Å². The number of allylic oxidation sites excluding steroid dienone is 2. The molecule has 154 valence electrons. The van der Waals surface area contributed by atoms with Crippen molar-refractivity contribution in [1.82, 2.24) is 0 Å². The van der Waals surface area contributed by atoms with E-state index in [0.717, 1.165) is 28.9 Å². The zero-order valence-electron chi connectivity index (χ0n) is 17.2. The Morgan fingerprint density at radius 1 is 1.03 bits per heavy atom. The van der Waals surface area contributed by atoms with Gasteiger partial charge in [0.2, 0.25) is 0 Å². The summed E-state index contributed by atoms with van der Waals surface area (Å²) < 4.78 is 11.1. The van der Waals surface area contributed by atoms with Crippen molar-refractivity contribution in [3.63, 3.8) is 0 Å². The normalized spacial score (nSPS) is 20.4. The molecule has 0 spiro atoms. The molecule has 0 bridgehead atoms. The van der Waals surface area contributed by atoms with Gasteiger partial charge in [-0.3, -0.25) is 4.79 Å². The largest absolute Gasteiger partial charge is 0.493 e. The number of Topliss-reactive ketones (excluding diaryl/α,β-unsaturated/α-hetero) is 1. The Morgan fingerprint density at radius 2 is 1.83 bits per heavy atom. The first kappa shape index (κ1) is 19.4. The van der Waals surface area contributed by atoms with E-state index in [2.05, 4.69) is 41.2 Å². The van der Waals surface area contributed by atoms with Crippen LogP contribution in [0.5, 0.6) is 11.5 Å². The molecular formula is C24H23NO3S2. The molecule has 0 saturated heterocycles. The number of rotatable bonds is 4. The van der Waals surface area contributed by atoms with Gasteiger partial charge >= 0.3 is 0 Å². The van der Waals surface area contributed by atoms with Crippen molar-refractivity contribution < 1.29 is 14.3 Å². The lowest BCUT2D eigenvalue weighted by Crippen LogP contribution is -2.29. The molecule has 0 saturated carbocycles. The lowest BCUT2D eigenvalue weighted by Gasteiger charge is -2.36. The van der Waals surface area contributed by atoms with Crippen LogP contribution in [0.25, 0.3) is 0 Å². The number of hydrogen-bond acceptors (Lipinski definition) is 6. The van der Waals surface area contributed by atoms with Gasteiger partial charge in [-0.15, -0.1) is 22.7 Å². The van der Waals surface area contributed by atoms with Gasteiger partial charge in [-0.1, -0.05) is 6.07 Å². The van der Waals surface area contributed by atoms with Gasteiger partial charge in [-0.2, -0.15) is 0 Å². The number of methoxy groups -OCH3 is 2. The number of ketones is 1. The third-order valence-corrected chi connectivity index (χ3v) is 8.18. The minimum atomic E-state index is -0.0761. The Balaban J connectivity index is 1.68. The molecule has 0 fully saturated rings. The molecular weight excluding hydrogens is 414 g/mol. The predicted octanol–water partition coefficient (Wildman–Crippen LogP) is 6.09. The van der Waals surface area contributed by atoms with Gasteiger partial charge < -0.3 is 14.8 Å². The van der Waals surface area contributed by atoms with Gasteiger partial charge in [0.25, 0.3) is 0 Å². The summed E-state index contributed by atoms with van der Waals surface area (Å²) in [5.74, 6) is 1.76. The Labute approximate surface area is 184 Å². The van der Waals surface area contributed by atoms with Crippen LogP contribution in [0.3, 0.4) is 0 Å². The molecule has 2 aromatic heterocycles.